The van der Waals surface area contributed by atoms with Crippen LogP contribution in [0.3, 0.4) is 0 Å². The maximum atomic E-state index is 6.24. The van der Waals surface area contributed by atoms with Crippen LogP contribution in [-0.2, 0) is 0 Å². The molecule has 0 radical (unpaired) electrons. The number of allylic oxidation sites excluding steroid dienone is 2. The van der Waals surface area contributed by atoms with Crippen LogP contribution in [0.5, 0.6) is 0 Å². The molecule has 0 amide bonds. The Morgan fingerprint density at radius 1 is 0.463 bits per heavy atom. The Labute approximate surface area is 256 Å². The lowest BCUT2D eigenvalue weighted by Gasteiger charge is -2.21. The van der Waals surface area contributed by atoms with Crippen LogP contribution in [-0.4, -0.2) is 26.2 Å². The summed E-state index contributed by atoms with van der Waals surface area (Å²) < 4.78 is 0. The third-order valence-electron chi connectivity index (χ3n) is 7.57. The van der Waals surface area contributed by atoms with Crippen LogP contribution in [0.15, 0.2) is 109 Å². The summed E-state index contributed by atoms with van der Waals surface area (Å²) in [6.45, 7) is 12.7. The van der Waals surface area contributed by atoms with Gasteiger partial charge in [0.25, 0.3) is 0 Å². The largest absolute Gasteiger partial charge is 0.372 e. The second kappa shape index (κ2) is 15.0. The van der Waals surface area contributed by atoms with Crippen LogP contribution in [0.2, 0.25) is 10.0 Å². The molecule has 0 unspecified atom stereocenters. The molecule has 2 nitrogen and oxygen atoms in total. The quantitative estimate of drug-likeness (QED) is 0.164. The van der Waals surface area contributed by atoms with E-state index in [0.717, 1.165) is 53.8 Å². The molecule has 0 aliphatic carbocycles. The summed E-state index contributed by atoms with van der Waals surface area (Å²) in [6, 6.07) is 34.0. The zero-order chi connectivity index (χ0) is 29.2. The lowest BCUT2D eigenvalue weighted by molar-refractivity contribution is 0.866. The molecule has 4 rings (SSSR count). The molecule has 0 aliphatic heterocycles. The highest BCUT2D eigenvalue weighted by Gasteiger charge is 2.10. The fraction of sp³-hybridized carbons (Fsp3) is 0.243. The van der Waals surface area contributed by atoms with E-state index in [4.69, 9.17) is 23.2 Å². The van der Waals surface area contributed by atoms with Crippen LogP contribution in [0.25, 0.3) is 11.1 Å². The van der Waals surface area contributed by atoms with Gasteiger partial charge in [0, 0.05) is 47.6 Å². The topological polar surface area (TPSA) is 6.48 Å². The highest BCUT2D eigenvalue weighted by Crippen LogP contribution is 2.30. The zero-order valence-electron chi connectivity index (χ0n) is 24.6. The normalized spacial score (nSPS) is 12.0. The Kier molecular flexibility index (Phi) is 11.1. The minimum Gasteiger partial charge on any atom is -0.372 e. The maximum absolute atomic E-state index is 6.24. The highest BCUT2D eigenvalue weighted by atomic mass is 35.5. The molecule has 0 N–H and O–H groups in total. The molecule has 0 heterocycles. The Morgan fingerprint density at radius 3 is 1.00 bits per heavy atom. The van der Waals surface area contributed by atoms with E-state index in [1.807, 2.05) is 24.3 Å². The van der Waals surface area contributed by atoms with Crippen LogP contribution >= 0.6 is 23.2 Å². The Bertz CT molecular complexity index is 1310. The SMILES string of the molecule is CCN(CC)c1ccc(C(=CCC=C(c2ccc(Cl)cc2)c2ccc(N(CC)CC)cc2)c2ccc(Cl)cc2)cc1. The van der Waals surface area contributed by atoms with Crippen molar-refractivity contribution in [2.45, 2.75) is 34.1 Å². The average molecular weight is 584 g/mol. The van der Waals surface area contributed by atoms with Gasteiger partial charge in [0.05, 0.1) is 0 Å². The van der Waals surface area contributed by atoms with Crippen molar-refractivity contribution < 1.29 is 0 Å². The summed E-state index contributed by atoms with van der Waals surface area (Å²) in [5, 5.41) is 1.48. The van der Waals surface area contributed by atoms with E-state index in [1.165, 1.54) is 33.6 Å². The molecule has 0 atom stereocenters. The van der Waals surface area contributed by atoms with E-state index in [-0.39, 0.29) is 0 Å². The molecular weight excluding hydrogens is 543 g/mol. The van der Waals surface area contributed by atoms with Crippen molar-refractivity contribution in [1.29, 1.82) is 0 Å². The Morgan fingerprint density at radius 2 is 0.732 bits per heavy atom. The number of hydrogen-bond acceptors (Lipinski definition) is 2. The number of halogens is 2. The summed E-state index contributed by atoms with van der Waals surface area (Å²) in [6.07, 6.45) is 5.40. The second-order valence-electron chi connectivity index (χ2n) is 9.92. The Hall–Kier alpha value is -3.46. The van der Waals surface area contributed by atoms with Gasteiger partial charge >= 0.3 is 0 Å². The molecule has 4 aromatic carbocycles. The van der Waals surface area contributed by atoms with E-state index < -0.39 is 0 Å². The summed E-state index contributed by atoms with van der Waals surface area (Å²) in [7, 11) is 0. The van der Waals surface area contributed by atoms with Gasteiger partial charge in [0.1, 0.15) is 0 Å². The van der Waals surface area contributed by atoms with Crippen molar-refractivity contribution in [1.82, 2.24) is 0 Å². The third kappa shape index (κ3) is 7.85. The molecule has 0 bridgehead atoms. The van der Waals surface area contributed by atoms with Crippen molar-refractivity contribution in [2.24, 2.45) is 0 Å². The minimum atomic E-state index is 0.739. The standard InChI is InChI=1S/C37H40Cl2N2/c1-5-40(6-2)34-24-16-30(17-25-34)36(28-12-20-32(38)21-13-28)10-9-11-37(29-14-22-33(39)23-15-29)31-18-26-35(27-19-31)41(7-3)8-4/h10-27H,5-9H2,1-4H3. The first-order chi connectivity index (χ1) is 20.0. The molecule has 0 spiro atoms. The first kappa shape index (κ1) is 30.5. The lowest BCUT2D eigenvalue weighted by Crippen LogP contribution is -2.21. The number of anilines is 2. The van der Waals surface area contributed by atoms with Crippen molar-refractivity contribution in [3.05, 3.63) is 142 Å². The van der Waals surface area contributed by atoms with Gasteiger partial charge in [0.2, 0.25) is 0 Å². The minimum absolute atomic E-state index is 0.739. The van der Waals surface area contributed by atoms with Gasteiger partial charge in [-0.3, -0.25) is 0 Å². The van der Waals surface area contributed by atoms with E-state index in [0.29, 0.717) is 0 Å². The lowest BCUT2D eigenvalue weighted by atomic mass is 9.94. The average Bonchev–Trinajstić information content (AvgIpc) is 3.01. The first-order valence-electron chi connectivity index (χ1n) is 14.6. The van der Waals surface area contributed by atoms with Crippen LogP contribution in [0.4, 0.5) is 11.4 Å². The van der Waals surface area contributed by atoms with Gasteiger partial charge in [-0.05, 0) is 116 Å². The molecule has 0 saturated heterocycles. The van der Waals surface area contributed by atoms with Gasteiger partial charge in [-0.25, -0.2) is 0 Å². The van der Waals surface area contributed by atoms with Gasteiger partial charge in [-0.2, -0.15) is 0 Å². The van der Waals surface area contributed by atoms with Crippen molar-refractivity contribution in [3.63, 3.8) is 0 Å². The predicted molar refractivity (Wildman–Crippen MR) is 182 cm³/mol. The fourth-order valence-electron chi connectivity index (χ4n) is 5.24. The van der Waals surface area contributed by atoms with Crippen LogP contribution in [0.1, 0.15) is 56.4 Å². The highest BCUT2D eigenvalue weighted by molar-refractivity contribution is 6.30. The molecule has 212 valence electrons. The molecule has 0 fully saturated rings. The van der Waals surface area contributed by atoms with Crippen LogP contribution < -0.4 is 9.80 Å². The molecule has 0 saturated carbocycles. The fourth-order valence-corrected chi connectivity index (χ4v) is 5.49. The number of rotatable bonds is 12. The van der Waals surface area contributed by atoms with Gasteiger partial charge in [-0.1, -0.05) is 83.9 Å². The molecule has 0 aromatic heterocycles. The summed E-state index contributed by atoms with van der Waals surface area (Å²) in [4.78, 5) is 4.73. The van der Waals surface area contributed by atoms with Crippen molar-refractivity contribution in [3.8, 4) is 0 Å². The zero-order valence-corrected chi connectivity index (χ0v) is 26.1. The van der Waals surface area contributed by atoms with E-state index >= 15 is 0 Å². The van der Waals surface area contributed by atoms with Crippen molar-refractivity contribution >= 4 is 45.7 Å². The van der Waals surface area contributed by atoms with Gasteiger partial charge in [0.15, 0.2) is 0 Å². The van der Waals surface area contributed by atoms with E-state index in [2.05, 4.69) is 122 Å². The second-order valence-corrected chi connectivity index (χ2v) is 10.8. The van der Waals surface area contributed by atoms with Gasteiger partial charge in [-0.15, -0.1) is 0 Å². The molecule has 41 heavy (non-hydrogen) atoms. The molecule has 4 heteroatoms. The monoisotopic (exact) mass is 582 g/mol. The molecule has 4 aromatic rings. The van der Waals surface area contributed by atoms with E-state index in [1.54, 1.807) is 0 Å². The third-order valence-corrected chi connectivity index (χ3v) is 8.07. The maximum Gasteiger partial charge on any atom is 0.0406 e. The van der Waals surface area contributed by atoms with Gasteiger partial charge < -0.3 is 9.80 Å². The number of hydrogen-bond donors (Lipinski definition) is 0. The molecule has 0 aliphatic rings. The predicted octanol–water partition coefficient (Wildman–Crippen LogP) is 10.6. The summed E-state index contributed by atoms with van der Waals surface area (Å²) in [5.41, 5.74) is 9.54. The Balaban J connectivity index is 1.73. The summed E-state index contributed by atoms with van der Waals surface area (Å²) in [5.74, 6) is 0. The first-order valence-corrected chi connectivity index (χ1v) is 15.4. The number of nitrogens with zero attached hydrogens (tertiary/aromatic N) is 2. The van der Waals surface area contributed by atoms with Crippen LogP contribution in [0, 0.1) is 0 Å². The van der Waals surface area contributed by atoms with E-state index in [9.17, 15) is 0 Å². The smallest absolute Gasteiger partial charge is 0.0406 e. The summed E-state index contributed by atoms with van der Waals surface area (Å²) >= 11 is 12.5. The van der Waals surface area contributed by atoms with Crippen molar-refractivity contribution in [2.75, 3.05) is 36.0 Å². The number of benzene rings is 4. The molecular formula is C37H40Cl2N2.